The number of hydrogen-bond donors (Lipinski definition) is 0. The van der Waals surface area contributed by atoms with Gasteiger partial charge >= 0.3 is 0 Å². The second-order valence-electron chi connectivity index (χ2n) is 5.97. The maximum atomic E-state index is 12.1. The maximum absolute atomic E-state index is 12.1. The minimum absolute atomic E-state index is 0.265. The van der Waals surface area contributed by atoms with Crippen molar-refractivity contribution in [2.75, 3.05) is 45.6 Å². The highest BCUT2D eigenvalue weighted by Crippen LogP contribution is 2.19. The average molecular weight is 340 g/mol. The van der Waals surface area contributed by atoms with Crippen LogP contribution in [0.4, 0.5) is 0 Å². The molecule has 1 saturated heterocycles. The van der Waals surface area contributed by atoms with Crippen LogP contribution in [0.25, 0.3) is 0 Å². The molecule has 0 aliphatic carbocycles. The third kappa shape index (κ3) is 5.19. The van der Waals surface area contributed by atoms with Crippen LogP contribution < -0.4 is 4.74 Å². The number of hydrogen-bond acceptors (Lipinski definition) is 4. The van der Waals surface area contributed by atoms with Gasteiger partial charge in [-0.3, -0.25) is 0 Å². The van der Waals surface area contributed by atoms with Gasteiger partial charge in [0.25, 0.3) is 0 Å². The smallest absolute Gasteiger partial charge is 0.214 e. The zero-order chi connectivity index (χ0) is 16.7. The maximum Gasteiger partial charge on any atom is 0.214 e. The summed E-state index contributed by atoms with van der Waals surface area (Å²) in [5.41, 5.74) is 1.24. The van der Waals surface area contributed by atoms with Gasteiger partial charge in [0.15, 0.2) is 0 Å². The molecule has 1 fully saturated rings. The summed E-state index contributed by atoms with van der Waals surface area (Å²) in [6.45, 7) is 5.81. The van der Waals surface area contributed by atoms with Crippen LogP contribution in [-0.2, 0) is 16.4 Å². The molecule has 0 N–H and O–H groups in total. The molecule has 0 aromatic heterocycles. The van der Waals surface area contributed by atoms with E-state index in [1.165, 1.54) is 5.56 Å². The van der Waals surface area contributed by atoms with Crippen LogP contribution in [0.3, 0.4) is 0 Å². The quantitative estimate of drug-likeness (QED) is 0.726. The second kappa shape index (κ2) is 8.66. The van der Waals surface area contributed by atoms with Crippen molar-refractivity contribution in [1.29, 1.82) is 0 Å². The minimum Gasteiger partial charge on any atom is -0.496 e. The Morgan fingerprint density at radius 2 is 1.83 bits per heavy atom. The zero-order valence-electron chi connectivity index (χ0n) is 14.2. The molecule has 0 unspecified atom stereocenters. The lowest BCUT2D eigenvalue weighted by Crippen LogP contribution is -2.49. The van der Waals surface area contributed by atoms with Crippen molar-refractivity contribution in [3.63, 3.8) is 0 Å². The zero-order valence-corrected chi connectivity index (χ0v) is 15.0. The number of ether oxygens (including phenoxy) is 1. The Bertz CT molecular complexity index is 581. The normalized spacial score (nSPS) is 17.3. The predicted molar refractivity (Wildman–Crippen MR) is 93.4 cm³/mol. The van der Waals surface area contributed by atoms with Gasteiger partial charge in [-0.15, -0.1) is 0 Å². The third-order valence-electron chi connectivity index (χ3n) is 4.30. The lowest BCUT2D eigenvalue weighted by molar-refractivity contribution is 0.186. The Morgan fingerprint density at radius 1 is 1.13 bits per heavy atom. The van der Waals surface area contributed by atoms with E-state index in [1.54, 1.807) is 11.4 Å². The van der Waals surface area contributed by atoms with E-state index in [9.17, 15) is 8.42 Å². The molecule has 1 aliphatic rings. The summed E-state index contributed by atoms with van der Waals surface area (Å²) in [6, 6.07) is 8.12. The highest BCUT2D eigenvalue weighted by Gasteiger charge is 2.25. The first kappa shape index (κ1) is 18.2. The van der Waals surface area contributed by atoms with Gasteiger partial charge in [-0.05, 0) is 37.4 Å². The van der Waals surface area contributed by atoms with E-state index in [-0.39, 0.29) is 5.75 Å². The summed E-state index contributed by atoms with van der Waals surface area (Å²) >= 11 is 0. The van der Waals surface area contributed by atoms with Gasteiger partial charge < -0.3 is 9.64 Å². The summed E-state index contributed by atoms with van der Waals surface area (Å²) < 4.78 is 31.1. The standard InChI is InChI=1S/C17H28N2O3S/c1-3-15-23(20,21)19-13-11-18(12-14-19)10-6-8-16-7-4-5-9-17(16)22-2/h4-5,7,9H,3,6,8,10-15H2,1-2H3. The molecular formula is C17H28N2O3S. The van der Waals surface area contributed by atoms with Crippen molar-refractivity contribution < 1.29 is 13.2 Å². The third-order valence-corrected chi connectivity index (χ3v) is 6.38. The van der Waals surface area contributed by atoms with Crippen molar-refractivity contribution in [3.05, 3.63) is 29.8 Å². The number of aryl methyl sites for hydroxylation is 1. The Balaban J connectivity index is 1.75. The summed E-state index contributed by atoms with van der Waals surface area (Å²) in [5, 5.41) is 0. The highest BCUT2D eigenvalue weighted by atomic mass is 32.2. The van der Waals surface area contributed by atoms with Gasteiger partial charge in [0.2, 0.25) is 10.0 Å². The van der Waals surface area contributed by atoms with Crippen molar-refractivity contribution in [3.8, 4) is 5.75 Å². The summed E-state index contributed by atoms with van der Waals surface area (Å²) in [6.07, 6.45) is 2.72. The Hall–Kier alpha value is -1.11. The van der Waals surface area contributed by atoms with Crippen molar-refractivity contribution >= 4 is 10.0 Å². The number of nitrogens with zero attached hydrogens (tertiary/aromatic N) is 2. The molecule has 0 saturated carbocycles. The molecule has 1 aliphatic heterocycles. The van der Waals surface area contributed by atoms with E-state index in [2.05, 4.69) is 11.0 Å². The minimum atomic E-state index is -3.04. The van der Waals surface area contributed by atoms with Gasteiger partial charge in [-0.25, -0.2) is 8.42 Å². The fraction of sp³-hybridized carbons (Fsp3) is 0.647. The first-order valence-corrected chi connectivity index (χ1v) is 10.00. The molecule has 0 atom stereocenters. The van der Waals surface area contributed by atoms with Crippen molar-refractivity contribution in [1.82, 2.24) is 9.21 Å². The SMILES string of the molecule is CCCS(=O)(=O)N1CCN(CCCc2ccccc2OC)CC1. The molecule has 23 heavy (non-hydrogen) atoms. The Labute approximate surface area is 140 Å². The molecule has 0 radical (unpaired) electrons. The van der Waals surface area contributed by atoms with Crippen LogP contribution in [0.5, 0.6) is 5.75 Å². The number of para-hydroxylation sites is 1. The van der Waals surface area contributed by atoms with Gasteiger partial charge in [0.05, 0.1) is 12.9 Å². The lowest BCUT2D eigenvalue weighted by atomic mass is 10.1. The van der Waals surface area contributed by atoms with Crippen molar-refractivity contribution in [2.24, 2.45) is 0 Å². The van der Waals surface area contributed by atoms with E-state index in [4.69, 9.17) is 4.74 Å². The van der Waals surface area contributed by atoms with Crippen LogP contribution in [-0.4, -0.2) is 63.2 Å². The monoisotopic (exact) mass is 340 g/mol. The molecule has 0 bridgehead atoms. The Morgan fingerprint density at radius 3 is 2.48 bits per heavy atom. The fourth-order valence-electron chi connectivity index (χ4n) is 3.02. The molecule has 5 nitrogen and oxygen atoms in total. The molecule has 130 valence electrons. The largest absolute Gasteiger partial charge is 0.496 e. The molecule has 1 aromatic carbocycles. The average Bonchev–Trinajstić information content (AvgIpc) is 2.56. The highest BCUT2D eigenvalue weighted by molar-refractivity contribution is 7.89. The van der Waals surface area contributed by atoms with Crippen LogP contribution in [0.15, 0.2) is 24.3 Å². The second-order valence-corrected chi connectivity index (χ2v) is 8.06. The molecule has 0 spiro atoms. The molecule has 1 heterocycles. The molecule has 1 aromatic rings. The number of sulfonamides is 1. The van der Waals surface area contributed by atoms with E-state index in [0.717, 1.165) is 38.2 Å². The summed E-state index contributed by atoms with van der Waals surface area (Å²) in [4.78, 5) is 2.35. The number of rotatable bonds is 8. The van der Waals surface area contributed by atoms with Gasteiger partial charge in [0.1, 0.15) is 5.75 Å². The molecular weight excluding hydrogens is 312 g/mol. The van der Waals surface area contributed by atoms with Crippen LogP contribution in [0, 0.1) is 0 Å². The first-order valence-electron chi connectivity index (χ1n) is 8.39. The van der Waals surface area contributed by atoms with E-state index in [0.29, 0.717) is 19.5 Å². The van der Waals surface area contributed by atoms with Gasteiger partial charge in [0, 0.05) is 26.2 Å². The molecule has 2 rings (SSSR count). The van der Waals surface area contributed by atoms with E-state index < -0.39 is 10.0 Å². The van der Waals surface area contributed by atoms with Gasteiger partial charge in [-0.2, -0.15) is 4.31 Å². The van der Waals surface area contributed by atoms with E-state index in [1.807, 2.05) is 25.1 Å². The van der Waals surface area contributed by atoms with Crippen LogP contribution in [0.1, 0.15) is 25.3 Å². The van der Waals surface area contributed by atoms with Crippen molar-refractivity contribution in [2.45, 2.75) is 26.2 Å². The predicted octanol–water partition coefficient (Wildman–Crippen LogP) is 1.99. The molecule has 6 heteroatoms. The summed E-state index contributed by atoms with van der Waals surface area (Å²) in [7, 11) is -1.34. The molecule has 0 amide bonds. The van der Waals surface area contributed by atoms with Crippen LogP contribution >= 0.6 is 0 Å². The number of methoxy groups -OCH3 is 1. The lowest BCUT2D eigenvalue weighted by Gasteiger charge is -2.34. The first-order chi connectivity index (χ1) is 11.1. The fourth-order valence-corrected chi connectivity index (χ4v) is 4.51. The summed E-state index contributed by atoms with van der Waals surface area (Å²) in [5.74, 6) is 1.21. The number of benzene rings is 1. The van der Waals surface area contributed by atoms with Crippen LogP contribution in [0.2, 0.25) is 0 Å². The van der Waals surface area contributed by atoms with E-state index >= 15 is 0 Å². The number of piperazine rings is 1. The van der Waals surface area contributed by atoms with Gasteiger partial charge in [-0.1, -0.05) is 25.1 Å². The Kier molecular flexibility index (Phi) is 6.87. The topological polar surface area (TPSA) is 49.9 Å².